The SMILES string of the molecule is NC(Cc1ccc(Oc2ccc([N+](=O)[O-])cn2)cc1)C(=O)Nc1ccc(C(F)(F)F)cc1. The van der Waals surface area contributed by atoms with Crippen LogP contribution in [-0.4, -0.2) is 21.9 Å². The number of pyridine rings is 1. The molecule has 32 heavy (non-hydrogen) atoms. The molecule has 0 saturated carbocycles. The van der Waals surface area contributed by atoms with Gasteiger partial charge in [-0.2, -0.15) is 13.2 Å². The number of hydrogen-bond donors (Lipinski definition) is 2. The van der Waals surface area contributed by atoms with E-state index in [1.54, 1.807) is 24.3 Å². The van der Waals surface area contributed by atoms with Crippen LogP contribution in [0.3, 0.4) is 0 Å². The van der Waals surface area contributed by atoms with Gasteiger partial charge in [-0.15, -0.1) is 0 Å². The molecule has 166 valence electrons. The van der Waals surface area contributed by atoms with Gasteiger partial charge in [0.05, 0.1) is 16.5 Å². The number of carbonyl (C=O) groups is 1. The van der Waals surface area contributed by atoms with E-state index in [-0.39, 0.29) is 23.7 Å². The summed E-state index contributed by atoms with van der Waals surface area (Å²) in [7, 11) is 0. The van der Waals surface area contributed by atoms with Crippen molar-refractivity contribution in [3.05, 3.63) is 88.1 Å². The Morgan fingerprint density at radius 3 is 2.28 bits per heavy atom. The first-order valence-electron chi connectivity index (χ1n) is 9.23. The zero-order chi connectivity index (χ0) is 23.3. The van der Waals surface area contributed by atoms with Gasteiger partial charge in [-0.3, -0.25) is 14.9 Å². The minimum atomic E-state index is -4.46. The highest BCUT2D eigenvalue weighted by Crippen LogP contribution is 2.30. The average Bonchev–Trinajstić information content (AvgIpc) is 2.75. The number of anilines is 1. The smallest absolute Gasteiger partial charge is 0.416 e. The summed E-state index contributed by atoms with van der Waals surface area (Å²) in [5, 5.41) is 13.1. The molecule has 1 atom stereocenters. The lowest BCUT2D eigenvalue weighted by Gasteiger charge is -2.13. The maximum Gasteiger partial charge on any atom is 0.416 e. The Balaban J connectivity index is 1.55. The van der Waals surface area contributed by atoms with E-state index in [1.165, 1.54) is 12.1 Å². The van der Waals surface area contributed by atoms with Crippen molar-refractivity contribution in [1.29, 1.82) is 0 Å². The number of benzene rings is 2. The third-order valence-electron chi connectivity index (χ3n) is 4.35. The molecule has 11 heteroatoms. The molecule has 0 aliphatic heterocycles. The van der Waals surface area contributed by atoms with Crippen LogP contribution < -0.4 is 15.8 Å². The maximum absolute atomic E-state index is 12.6. The lowest BCUT2D eigenvalue weighted by Crippen LogP contribution is -2.37. The van der Waals surface area contributed by atoms with E-state index in [4.69, 9.17) is 10.5 Å². The average molecular weight is 446 g/mol. The topological polar surface area (TPSA) is 120 Å². The molecule has 0 fully saturated rings. The molecule has 0 bridgehead atoms. The summed E-state index contributed by atoms with van der Waals surface area (Å²) in [6.45, 7) is 0. The van der Waals surface area contributed by atoms with Gasteiger partial charge in [-0.25, -0.2) is 4.98 Å². The maximum atomic E-state index is 12.6. The van der Waals surface area contributed by atoms with Gasteiger partial charge in [0.1, 0.15) is 11.9 Å². The molecule has 3 N–H and O–H groups in total. The number of nitro groups is 1. The highest BCUT2D eigenvalue weighted by atomic mass is 19.4. The number of hydrogen-bond acceptors (Lipinski definition) is 6. The van der Waals surface area contributed by atoms with Crippen molar-refractivity contribution in [1.82, 2.24) is 4.98 Å². The van der Waals surface area contributed by atoms with Crippen LogP contribution in [0.4, 0.5) is 24.5 Å². The van der Waals surface area contributed by atoms with Crippen LogP contribution in [0.15, 0.2) is 66.9 Å². The normalized spacial score (nSPS) is 12.1. The van der Waals surface area contributed by atoms with Gasteiger partial charge < -0.3 is 15.8 Å². The van der Waals surface area contributed by atoms with E-state index in [1.807, 2.05) is 0 Å². The van der Waals surface area contributed by atoms with Crippen molar-refractivity contribution >= 4 is 17.3 Å². The van der Waals surface area contributed by atoms with Crippen molar-refractivity contribution in [2.24, 2.45) is 5.73 Å². The fourth-order valence-electron chi connectivity index (χ4n) is 2.68. The van der Waals surface area contributed by atoms with Crippen LogP contribution in [0.1, 0.15) is 11.1 Å². The summed E-state index contributed by atoms with van der Waals surface area (Å²) in [4.78, 5) is 26.2. The Morgan fingerprint density at radius 2 is 1.75 bits per heavy atom. The minimum Gasteiger partial charge on any atom is -0.439 e. The fraction of sp³-hybridized carbons (Fsp3) is 0.143. The molecule has 1 amide bonds. The number of ether oxygens (including phenoxy) is 1. The van der Waals surface area contributed by atoms with Crippen molar-refractivity contribution in [3.8, 4) is 11.6 Å². The molecule has 1 aromatic heterocycles. The zero-order valence-corrected chi connectivity index (χ0v) is 16.4. The molecule has 2 aromatic carbocycles. The lowest BCUT2D eigenvalue weighted by atomic mass is 10.1. The Kier molecular flexibility index (Phi) is 6.69. The molecule has 0 aliphatic carbocycles. The summed E-state index contributed by atoms with van der Waals surface area (Å²) in [5.74, 6) is 0.0639. The first-order chi connectivity index (χ1) is 15.1. The van der Waals surface area contributed by atoms with Crippen LogP contribution in [0, 0.1) is 10.1 Å². The van der Waals surface area contributed by atoms with Crippen LogP contribution in [0.5, 0.6) is 11.6 Å². The summed E-state index contributed by atoms with van der Waals surface area (Å²) in [6, 6.07) is 12.4. The number of rotatable bonds is 7. The number of amides is 1. The number of nitrogens with one attached hydrogen (secondary N) is 1. The molecular formula is C21H17F3N4O4. The molecule has 1 unspecified atom stereocenters. The third kappa shape index (κ3) is 6.01. The zero-order valence-electron chi connectivity index (χ0n) is 16.4. The molecule has 3 rings (SSSR count). The summed E-state index contributed by atoms with van der Waals surface area (Å²) in [6.07, 6.45) is -3.19. The summed E-state index contributed by atoms with van der Waals surface area (Å²) >= 11 is 0. The van der Waals surface area contributed by atoms with E-state index in [0.29, 0.717) is 5.75 Å². The second-order valence-corrected chi connectivity index (χ2v) is 6.73. The Bertz CT molecular complexity index is 1090. The molecule has 3 aromatic rings. The first-order valence-corrected chi connectivity index (χ1v) is 9.23. The summed E-state index contributed by atoms with van der Waals surface area (Å²) < 4.78 is 43.3. The van der Waals surface area contributed by atoms with E-state index < -0.39 is 28.6 Å². The second-order valence-electron chi connectivity index (χ2n) is 6.73. The number of aromatic nitrogens is 1. The summed E-state index contributed by atoms with van der Waals surface area (Å²) in [5.41, 5.74) is 5.87. The van der Waals surface area contributed by atoms with Gasteiger partial charge in [0, 0.05) is 17.8 Å². The third-order valence-corrected chi connectivity index (χ3v) is 4.35. The Labute approximate surface area is 180 Å². The fourth-order valence-corrected chi connectivity index (χ4v) is 2.68. The van der Waals surface area contributed by atoms with Crippen molar-refractivity contribution in [3.63, 3.8) is 0 Å². The predicted molar refractivity (Wildman–Crippen MR) is 109 cm³/mol. The van der Waals surface area contributed by atoms with E-state index in [2.05, 4.69) is 10.3 Å². The molecule has 0 aliphatic rings. The standard InChI is InChI=1S/C21H17F3N4O4/c22-21(23,24)14-3-5-15(6-4-14)27-20(29)18(25)11-13-1-8-17(9-2-13)32-19-10-7-16(12-26-19)28(30)31/h1-10,12,18H,11,25H2,(H,27,29). The number of alkyl halides is 3. The van der Waals surface area contributed by atoms with Crippen LogP contribution in [0.2, 0.25) is 0 Å². The van der Waals surface area contributed by atoms with Crippen molar-refractivity contribution < 1.29 is 27.6 Å². The predicted octanol–water partition coefficient (Wildman–Crippen LogP) is 4.31. The van der Waals surface area contributed by atoms with Crippen LogP contribution in [0.25, 0.3) is 0 Å². The van der Waals surface area contributed by atoms with E-state index in [9.17, 15) is 28.1 Å². The van der Waals surface area contributed by atoms with Gasteiger partial charge in [0.25, 0.3) is 5.69 Å². The second kappa shape index (κ2) is 9.43. The molecule has 0 saturated heterocycles. The van der Waals surface area contributed by atoms with Gasteiger partial charge in [-0.05, 0) is 48.4 Å². The quantitative estimate of drug-likeness (QED) is 0.412. The van der Waals surface area contributed by atoms with Crippen molar-refractivity contribution in [2.75, 3.05) is 5.32 Å². The number of nitrogens with two attached hydrogens (primary N) is 1. The van der Waals surface area contributed by atoms with E-state index in [0.717, 1.165) is 36.0 Å². The lowest BCUT2D eigenvalue weighted by molar-refractivity contribution is -0.385. The van der Waals surface area contributed by atoms with Gasteiger partial charge in [0.2, 0.25) is 11.8 Å². The first kappa shape index (κ1) is 22.7. The highest BCUT2D eigenvalue weighted by Gasteiger charge is 2.30. The molecule has 0 radical (unpaired) electrons. The van der Waals surface area contributed by atoms with Crippen molar-refractivity contribution in [2.45, 2.75) is 18.6 Å². The van der Waals surface area contributed by atoms with Gasteiger partial charge in [-0.1, -0.05) is 12.1 Å². The molecule has 1 heterocycles. The molecule has 0 spiro atoms. The number of halogens is 3. The minimum absolute atomic E-state index is 0.156. The van der Waals surface area contributed by atoms with Gasteiger partial charge >= 0.3 is 6.18 Å². The largest absolute Gasteiger partial charge is 0.439 e. The van der Waals surface area contributed by atoms with Gasteiger partial charge in [0.15, 0.2) is 0 Å². The van der Waals surface area contributed by atoms with Crippen LogP contribution >= 0.6 is 0 Å². The molecular weight excluding hydrogens is 429 g/mol. The highest BCUT2D eigenvalue weighted by molar-refractivity contribution is 5.94. The monoisotopic (exact) mass is 446 g/mol. The van der Waals surface area contributed by atoms with Crippen LogP contribution in [-0.2, 0) is 17.4 Å². The Hall–Kier alpha value is -3.99. The van der Waals surface area contributed by atoms with E-state index >= 15 is 0 Å². The number of nitrogens with zero attached hydrogens (tertiary/aromatic N) is 2. The Morgan fingerprint density at radius 1 is 1.09 bits per heavy atom. The number of carbonyl (C=O) groups excluding carboxylic acids is 1. The molecule has 8 nitrogen and oxygen atoms in total.